The van der Waals surface area contributed by atoms with Crippen molar-refractivity contribution in [1.29, 1.82) is 0 Å². The zero-order valence-corrected chi connectivity index (χ0v) is 15.0. The third kappa shape index (κ3) is 3.77. The summed E-state index contributed by atoms with van der Waals surface area (Å²) in [5.74, 6) is -0.911. The van der Waals surface area contributed by atoms with Crippen LogP contribution in [0.5, 0.6) is 0 Å². The smallest absolute Gasteiger partial charge is 0.291 e. The lowest BCUT2D eigenvalue weighted by Crippen LogP contribution is -2.36. The van der Waals surface area contributed by atoms with Crippen LogP contribution in [0.4, 0.5) is 4.39 Å². The predicted octanol–water partition coefficient (Wildman–Crippen LogP) is 1.95. The second-order valence-electron chi connectivity index (χ2n) is 5.60. The summed E-state index contributed by atoms with van der Waals surface area (Å²) < 4.78 is 15.0. The van der Waals surface area contributed by atoms with Gasteiger partial charge >= 0.3 is 0 Å². The van der Waals surface area contributed by atoms with Gasteiger partial charge in [0.1, 0.15) is 5.82 Å². The monoisotopic (exact) mass is 373 g/mol. The van der Waals surface area contributed by atoms with Crippen LogP contribution in [0.1, 0.15) is 10.6 Å². The Morgan fingerprint density at radius 2 is 2.08 bits per heavy atom. The largest absolute Gasteiger partial charge is 0.347 e. The minimum Gasteiger partial charge on any atom is -0.347 e. The van der Waals surface area contributed by atoms with Crippen molar-refractivity contribution in [2.45, 2.75) is 0 Å². The van der Waals surface area contributed by atoms with Crippen LogP contribution in [0.3, 0.4) is 0 Å². The maximum absolute atomic E-state index is 13.6. The topological polar surface area (TPSA) is 80.1 Å². The summed E-state index contributed by atoms with van der Waals surface area (Å²) in [6, 6.07) is 9.54. The molecule has 1 aromatic carbocycles. The number of amides is 2. The number of halogens is 1. The molecule has 0 saturated heterocycles. The molecule has 0 bridgehead atoms. The maximum Gasteiger partial charge on any atom is 0.291 e. The van der Waals surface area contributed by atoms with Gasteiger partial charge in [0.15, 0.2) is 5.82 Å². The maximum atomic E-state index is 13.6. The first-order valence-corrected chi connectivity index (χ1v) is 8.59. The van der Waals surface area contributed by atoms with E-state index in [4.69, 9.17) is 0 Å². The Kier molecular flexibility index (Phi) is 5.08. The van der Waals surface area contributed by atoms with E-state index in [-0.39, 0.29) is 18.3 Å². The minimum absolute atomic E-state index is 0.0933. The lowest BCUT2D eigenvalue weighted by Gasteiger charge is -2.09. The Hall–Kier alpha value is -3.07. The second kappa shape index (κ2) is 7.44. The van der Waals surface area contributed by atoms with Gasteiger partial charge in [-0.25, -0.2) is 14.1 Å². The first kappa shape index (κ1) is 17.7. The Morgan fingerprint density at radius 3 is 2.73 bits per heavy atom. The van der Waals surface area contributed by atoms with Crippen LogP contribution in [0.25, 0.3) is 16.4 Å². The van der Waals surface area contributed by atoms with E-state index >= 15 is 0 Å². The number of hydrogen-bond acceptors (Lipinski definition) is 5. The summed E-state index contributed by atoms with van der Waals surface area (Å²) in [4.78, 5) is 30.4. The van der Waals surface area contributed by atoms with Crippen molar-refractivity contribution in [2.75, 3.05) is 20.6 Å². The molecule has 2 amide bonds. The number of carbonyl (C=O) groups excluding carboxylic acids is 2. The number of nitrogens with one attached hydrogen (secondary N) is 1. The van der Waals surface area contributed by atoms with Crippen LogP contribution in [0.15, 0.2) is 41.8 Å². The van der Waals surface area contributed by atoms with Crippen LogP contribution in [0.2, 0.25) is 0 Å². The molecule has 3 rings (SSSR count). The molecular formula is C17H16FN5O2S. The highest BCUT2D eigenvalue weighted by molar-refractivity contribution is 7.13. The zero-order chi connectivity index (χ0) is 18.7. The van der Waals surface area contributed by atoms with E-state index in [0.29, 0.717) is 11.5 Å². The fourth-order valence-electron chi connectivity index (χ4n) is 2.15. The first-order valence-electron chi connectivity index (χ1n) is 7.71. The van der Waals surface area contributed by atoms with Crippen molar-refractivity contribution in [3.8, 4) is 16.4 Å². The van der Waals surface area contributed by atoms with Crippen LogP contribution in [0, 0.1) is 5.82 Å². The molecule has 0 radical (unpaired) electrons. The fraction of sp³-hybridized carbons (Fsp3) is 0.176. The Bertz CT molecular complexity index is 937. The molecule has 7 nitrogen and oxygen atoms in total. The minimum atomic E-state index is -0.576. The molecule has 0 fully saturated rings. The quantitative estimate of drug-likeness (QED) is 0.741. The van der Waals surface area contributed by atoms with Crippen molar-refractivity contribution in [2.24, 2.45) is 0 Å². The van der Waals surface area contributed by atoms with Crippen LogP contribution < -0.4 is 5.32 Å². The molecule has 9 heteroatoms. The Balaban J connectivity index is 1.94. The van der Waals surface area contributed by atoms with Crippen molar-refractivity contribution in [1.82, 2.24) is 25.0 Å². The van der Waals surface area contributed by atoms with E-state index in [1.165, 1.54) is 33.1 Å². The van der Waals surface area contributed by atoms with Gasteiger partial charge in [-0.2, -0.15) is 0 Å². The van der Waals surface area contributed by atoms with Gasteiger partial charge < -0.3 is 10.2 Å². The van der Waals surface area contributed by atoms with Gasteiger partial charge in [0, 0.05) is 14.1 Å². The first-order chi connectivity index (χ1) is 12.5. The number of nitrogens with zero attached hydrogens (tertiary/aromatic N) is 4. The lowest BCUT2D eigenvalue weighted by atomic mass is 10.3. The zero-order valence-electron chi connectivity index (χ0n) is 14.1. The number of likely N-dealkylation sites (N-methyl/N-ethyl adjacent to an activating group) is 1. The molecule has 0 aliphatic rings. The van der Waals surface area contributed by atoms with Crippen molar-refractivity contribution in [3.05, 3.63) is 53.4 Å². The van der Waals surface area contributed by atoms with E-state index in [1.54, 1.807) is 26.2 Å². The van der Waals surface area contributed by atoms with Gasteiger partial charge in [0.05, 0.1) is 17.1 Å². The highest BCUT2D eigenvalue weighted by Gasteiger charge is 2.20. The fourth-order valence-corrected chi connectivity index (χ4v) is 2.85. The van der Waals surface area contributed by atoms with E-state index in [9.17, 15) is 14.0 Å². The van der Waals surface area contributed by atoms with Gasteiger partial charge in [0.25, 0.3) is 5.91 Å². The summed E-state index contributed by atoms with van der Waals surface area (Å²) in [6.45, 7) is -0.158. The molecule has 0 spiro atoms. The summed E-state index contributed by atoms with van der Waals surface area (Å²) in [5.41, 5.74) is 0.448. The van der Waals surface area contributed by atoms with Gasteiger partial charge in [-0.3, -0.25) is 9.59 Å². The molecule has 26 heavy (non-hydrogen) atoms. The number of aromatic nitrogens is 3. The van der Waals surface area contributed by atoms with Crippen LogP contribution >= 0.6 is 11.3 Å². The number of rotatable bonds is 5. The van der Waals surface area contributed by atoms with Gasteiger partial charge in [-0.15, -0.1) is 16.4 Å². The summed E-state index contributed by atoms with van der Waals surface area (Å²) in [5, 5.41) is 8.57. The molecule has 2 heterocycles. The van der Waals surface area contributed by atoms with E-state index < -0.39 is 11.7 Å². The summed E-state index contributed by atoms with van der Waals surface area (Å²) in [6.07, 6.45) is 0. The number of carbonyl (C=O) groups is 2. The van der Waals surface area contributed by atoms with E-state index in [1.807, 2.05) is 17.5 Å². The van der Waals surface area contributed by atoms with E-state index in [0.717, 1.165) is 4.88 Å². The molecule has 0 saturated carbocycles. The summed E-state index contributed by atoms with van der Waals surface area (Å²) in [7, 11) is 3.20. The molecule has 0 aliphatic carbocycles. The van der Waals surface area contributed by atoms with Crippen LogP contribution in [-0.4, -0.2) is 52.1 Å². The molecule has 3 aromatic rings. The molecule has 0 aliphatic heterocycles. The standard InChI is InChI=1S/C17H16FN5O2S/c1-22(2)14(24)10-19-17(25)15-20-16(13-7-4-8-26-13)23(21-15)12-6-3-5-11(18)9-12/h3-9H,10H2,1-2H3,(H,19,25). The molecule has 0 atom stereocenters. The Morgan fingerprint density at radius 1 is 1.27 bits per heavy atom. The SMILES string of the molecule is CN(C)C(=O)CNC(=O)c1nc(-c2cccs2)n(-c2cccc(F)c2)n1. The van der Waals surface area contributed by atoms with Gasteiger partial charge in [-0.05, 0) is 29.6 Å². The molecule has 2 aromatic heterocycles. The molecule has 134 valence electrons. The number of hydrogen-bond donors (Lipinski definition) is 1. The highest BCUT2D eigenvalue weighted by Crippen LogP contribution is 2.25. The molecule has 0 unspecified atom stereocenters. The lowest BCUT2D eigenvalue weighted by molar-refractivity contribution is -0.127. The van der Waals surface area contributed by atoms with Crippen molar-refractivity contribution in [3.63, 3.8) is 0 Å². The Labute approximate surface area is 153 Å². The highest BCUT2D eigenvalue weighted by atomic mass is 32.1. The molecular weight excluding hydrogens is 357 g/mol. The normalized spacial score (nSPS) is 10.6. The summed E-state index contributed by atoms with van der Waals surface area (Å²) >= 11 is 1.43. The predicted molar refractivity (Wildman–Crippen MR) is 95.7 cm³/mol. The average Bonchev–Trinajstić information content (AvgIpc) is 3.28. The van der Waals surface area contributed by atoms with Gasteiger partial charge in [0.2, 0.25) is 11.7 Å². The van der Waals surface area contributed by atoms with E-state index in [2.05, 4.69) is 15.4 Å². The molecule has 1 N–H and O–H groups in total. The number of thiophene rings is 1. The number of benzene rings is 1. The average molecular weight is 373 g/mol. The second-order valence-corrected chi connectivity index (χ2v) is 6.55. The van der Waals surface area contributed by atoms with Crippen molar-refractivity contribution < 1.29 is 14.0 Å². The van der Waals surface area contributed by atoms with Crippen molar-refractivity contribution >= 4 is 23.2 Å². The van der Waals surface area contributed by atoms with Gasteiger partial charge in [-0.1, -0.05) is 12.1 Å². The van der Waals surface area contributed by atoms with Crippen LogP contribution in [-0.2, 0) is 4.79 Å². The third-order valence-electron chi connectivity index (χ3n) is 3.50. The third-order valence-corrected chi connectivity index (χ3v) is 4.37.